The summed E-state index contributed by atoms with van der Waals surface area (Å²) >= 11 is 0. The normalized spacial score (nSPS) is 17.6. The Labute approximate surface area is 113 Å². The minimum atomic E-state index is -0.520. The molecule has 3 N–H and O–H groups in total. The Hall–Kier alpha value is -1.46. The minimum absolute atomic E-state index is 0.0108. The summed E-state index contributed by atoms with van der Waals surface area (Å²) in [6.07, 6.45) is 3.53. The van der Waals surface area contributed by atoms with Crippen LogP contribution in [-0.4, -0.2) is 37.2 Å². The third-order valence-electron chi connectivity index (χ3n) is 3.78. The summed E-state index contributed by atoms with van der Waals surface area (Å²) in [5.74, 6) is -0.0108. The van der Waals surface area contributed by atoms with Gasteiger partial charge in [0.2, 0.25) is 5.91 Å². The third-order valence-corrected chi connectivity index (χ3v) is 3.78. The van der Waals surface area contributed by atoms with Crippen molar-refractivity contribution in [1.82, 2.24) is 10.3 Å². The van der Waals surface area contributed by atoms with Crippen LogP contribution < -0.4 is 11.1 Å². The second-order valence-corrected chi connectivity index (χ2v) is 5.78. The molecule has 5 nitrogen and oxygen atoms in total. The first-order valence-corrected chi connectivity index (χ1v) is 6.47. The van der Waals surface area contributed by atoms with Crippen LogP contribution in [0.4, 0.5) is 0 Å². The number of hydrogen-bond acceptors (Lipinski definition) is 4. The maximum atomic E-state index is 12.2. The van der Waals surface area contributed by atoms with E-state index in [4.69, 9.17) is 10.5 Å². The number of carbonyl (C=O) groups is 1. The molecule has 0 spiro atoms. The van der Waals surface area contributed by atoms with Gasteiger partial charge < -0.3 is 15.8 Å². The second-order valence-electron chi connectivity index (χ2n) is 5.78. The van der Waals surface area contributed by atoms with Gasteiger partial charge in [-0.15, -0.1) is 0 Å². The van der Waals surface area contributed by atoms with Gasteiger partial charge in [0.25, 0.3) is 0 Å². The first-order valence-electron chi connectivity index (χ1n) is 6.47. The number of nitrogens with two attached hydrogens (primary N) is 1. The van der Waals surface area contributed by atoms with Crippen molar-refractivity contribution < 1.29 is 9.53 Å². The Morgan fingerprint density at radius 1 is 1.47 bits per heavy atom. The number of amides is 1. The zero-order valence-electron chi connectivity index (χ0n) is 11.5. The van der Waals surface area contributed by atoms with Crippen LogP contribution in [0, 0.1) is 5.41 Å². The van der Waals surface area contributed by atoms with E-state index in [1.165, 1.54) is 0 Å². The lowest BCUT2D eigenvalue weighted by Gasteiger charge is -2.39. The molecule has 0 aromatic carbocycles. The molecule has 0 saturated carbocycles. The average Bonchev–Trinajstić information content (AvgIpc) is 2.37. The highest BCUT2D eigenvalue weighted by Crippen LogP contribution is 2.27. The maximum absolute atomic E-state index is 12.2. The average molecular weight is 263 g/mol. The molecule has 2 rings (SSSR count). The van der Waals surface area contributed by atoms with Crippen LogP contribution in [-0.2, 0) is 14.9 Å². The first kappa shape index (κ1) is 14.0. The summed E-state index contributed by atoms with van der Waals surface area (Å²) in [6.45, 7) is 5.92. The highest BCUT2D eigenvalue weighted by molar-refractivity contribution is 5.84. The predicted molar refractivity (Wildman–Crippen MR) is 72.6 cm³/mol. The van der Waals surface area contributed by atoms with E-state index in [1.54, 1.807) is 12.4 Å². The molecule has 19 heavy (non-hydrogen) atoms. The van der Waals surface area contributed by atoms with E-state index in [0.29, 0.717) is 26.3 Å². The molecule has 1 aliphatic heterocycles. The van der Waals surface area contributed by atoms with E-state index in [2.05, 4.69) is 24.1 Å². The van der Waals surface area contributed by atoms with Crippen molar-refractivity contribution in [2.45, 2.75) is 19.3 Å². The molecular formula is C14H21N3O2. The van der Waals surface area contributed by atoms with Gasteiger partial charge in [0.1, 0.15) is 5.41 Å². The fourth-order valence-corrected chi connectivity index (χ4v) is 2.08. The zero-order valence-corrected chi connectivity index (χ0v) is 11.5. The molecule has 0 atom stereocenters. The summed E-state index contributed by atoms with van der Waals surface area (Å²) in [5, 5.41) is 3.00. The maximum Gasteiger partial charge on any atom is 0.232 e. The summed E-state index contributed by atoms with van der Waals surface area (Å²) < 4.78 is 5.12. The van der Waals surface area contributed by atoms with E-state index in [0.717, 1.165) is 5.56 Å². The van der Waals surface area contributed by atoms with Crippen molar-refractivity contribution in [3.8, 4) is 0 Å². The van der Waals surface area contributed by atoms with Gasteiger partial charge in [-0.25, -0.2) is 0 Å². The second kappa shape index (κ2) is 5.27. The molecule has 0 bridgehead atoms. The molecule has 104 valence electrons. The number of carbonyl (C=O) groups excluding carboxylic acids is 1. The highest BCUT2D eigenvalue weighted by atomic mass is 16.5. The third kappa shape index (κ3) is 2.77. The molecule has 1 aromatic rings. The van der Waals surface area contributed by atoms with Gasteiger partial charge in [-0.2, -0.15) is 0 Å². The van der Waals surface area contributed by atoms with Gasteiger partial charge in [-0.1, -0.05) is 13.8 Å². The number of aromatic nitrogens is 1. The fourth-order valence-electron chi connectivity index (χ4n) is 2.08. The van der Waals surface area contributed by atoms with Crippen molar-refractivity contribution in [2.24, 2.45) is 11.1 Å². The van der Waals surface area contributed by atoms with Gasteiger partial charge >= 0.3 is 0 Å². The smallest absolute Gasteiger partial charge is 0.232 e. The van der Waals surface area contributed by atoms with E-state index in [-0.39, 0.29) is 11.3 Å². The molecule has 1 fully saturated rings. The summed E-state index contributed by atoms with van der Waals surface area (Å²) in [7, 11) is 0. The van der Waals surface area contributed by atoms with E-state index < -0.39 is 5.41 Å². The van der Waals surface area contributed by atoms with Crippen LogP contribution in [0.2, 0.25) is 0 Å². The SMILES string of the molecule is CC(C)(CNC(=O)C1(CN)COC1)c1ccncc1. The van der Waals surface area contributed by atoms with Crippen LogP contribution in [0.5, 0.6) is 0 Å². The topological polar surface area (TPSA) is 77.2 Å². The standard InChI is InChI=1S/C14H21N3O2/c1-13(2,11-3-5-16-6-4-11)8-17-12(18)14(7-15)9-19-10-14/h3-6H,7-10,15H2,1-2H3,(H,17,18). The van der Waals surface area contributed by atoms with E-state index in [1.807, 2.05) is 12.1 Å². The summed E-state index contributed by atoms with van der Waals surface area (Å²) in [4.78, 5) is 16.2. The summed E-state index contributed by atoms with van der Waals surface area (Å²) in [5.41, 5.74) is 6.16. The Bertz CT molecular complexity index is 436. The fraction of sp³-hybridized carbons (Fsp3) is 0.571. The number of hydrogen-bond donors (Lipinski definition) is 2. The Kier molecular flexibility index (Phi) is 3.87. The van der Waals surface area contributed by atoms with Crippen LogP contribution in [0.1, 0.15) is 19.4 Å². The van der Waals surface area contributed by atoms with Crippen molar-refractivity contribution in [3.05, 3.63) is 30.1 Å². The van der Waals surface area contributed by atoms with Crippen LogP contribution in [0.25, 0.3) is 0 Å². The van der Waals surface area contributed by atoms with Gasteiger partial charge in [0, 0.05) is 30.9 Å². The zero-order chi connectivity index (χ0) is 13.9. The Morgan fingerprint density at radius 3 is 2.58 bits per heavy atom. The number of ether oxygens (including phenoxy) is 1. The summed E-state index contributed by atoms with van der Waals surface area (Å²) in [6, 6.07) is 3.94. The van der Waals surface area contributed by atoms with Crippen molar-refractivity contribution >= 4 is 5.91 Å². The lowest BCUT2D eigenvalue weighted by Crippen LogP contribution is -2.59. The van der Waals surface area contributed by atoms with Gasteiger partial charge in [0.05, 0.1) is 13.2 Å². The number of rotatable bonds is 5. The van der Waals surface area contributed by atoms with Crippen molar-refractivity contribution in [1.29, 1.82) is 0 Å². The van der Waals surface area contributed by atoms with Gasteiger partial charge in [-0.05, 0) is 17.7 Å². The molecule has 5 heteroatoms. The molecule has 0 unspecified atom stereocenters. The van der Waals surface area contributed by atoms with Crippen LogP contribution in [0.15, 0.2) is 24.5 Å². The molecule has 0 aliphatic carbocycles. The van der Waals surface area contributed by atoms with E-state index >= 15 is 0 Å². The highest BCUT2D eigenvalue weighted by Gasteiger charge is 2.44. The molecule has 1 amide bonds. The lowest BCUT2D eigenvalue weighted by atomic mass is 9.82. The first-order chi connectivity index (χ1) is 9.00. The minimum Gasteiger partial charge on any atom is -0.379 e. The lowest BCUT2D eigenvalue weighted by molar-refractivity contribution is -0.159. The van der Waals surface area contributed by atoms with Crippen LogP contribution >= 0.6 is 0 Å². The number of pyridine rings is 1. The molecule has 1 aromatic heterocycles. The van der Waals surface area contributed by atoms with Crippen LogP contribution in [0.3, 0.4) is 0 Å². The van der Waals surface area contributed by atoms with Gasteiger partial charge in [0.15, 0.2) is 0 Å². The molecule has 1 aliphatic rings. The largest absolute Gasteiger partial charge is 0.379 e. The number of nitrogens with zero attached hydrogens (tertiary/aromatic N) is 1. The predicted octanol–water partition coefficient (Wildman–Crippen LogP) is 0.451. The van der Waals surface area contributed by atoms with Crippen molar-refractivity contribution in [3.63, 3.8) is 0 Å². The Morgan fingerprint density at radius 2 is 2.11 bits per heavy atom. The van der Waals surface area contributed by atoms with E-state index in [9.17, 15) is 4.79 Å². The monoisotopic (exact) mass is 263 g/mol. The Balaban J connectivity index is 1.96. The quantitative estimate of drug-likeness (QED) is 0.808. The molecular weight excluding hydrogens is 242 g/mol. The number of nitrogens with one attached hydrogen (secondary N) is 1. The van der Waals surface area contributed by atoms with Gasteiger partial charge in [-0.3, -0.25) is 9.78 Å². The van der Waals surface area contributed by atoms with Crippen molar-refractivity contribution in [2.75, 3.05) is 26.3 Å². The molecule has 2 heterocycles. The molecule has 1 saturated heterocycles. The molecule has 0 radical (unpaired) electrons.